The molecule has 0 N–H and O–H groups in total. The molecule has 0 aromatic carbocycles. The average molecular weight is 268 g/mol. The zero-order valence-electron chi connectivity index (χ0n) is 13.0. The monoisotopic (exact) mass is 268 g/mol. The van der Waals surface area contributed by atoms with Crippen LogP contribution in [0.4, 0.5) is 0 Å². The Kier molecular flexibility index (Phi) is 8.36. The lowest BCUT2D eigenvalue weighted by Gasteiger charge is -2.26. The maximum atomic E-state index is 12.4. The molecule has 0 heterocycles. The normalized spacial score (nSPS) is 17.8. The van der Waals surface area contributed by atoms with E-state index in [2.05, 4.69) is 6.92 Å². The largest absolute Gasteiger partial charge is 0.384 e. The summed E-state index contributed by atoms with van der Waals surface area (Å²) in [6, 6.07) is 0. The van der Waals surface area contributed by atoms with Gasteiger partial charge in [-0.2, -0.15) is 0 Å². The van der Waals surface area contributed by atoms with Crippen molar-refractivity contribution in [1.82, 2.24) is 0 Å². The molecular formula is C17H32O2. The molecule has 0 bridgehead atoms. The lowest BCUT2D eigenvalue weighted by molar-refractivity contribution is -0.131. The van der Waals surface area contributed by atoms with Crippen molar-refractivity contribution in [2.45, 2.75) is 84.0 Å². The van der Waals surface area contributed by atoms with E-state index in [0.717, 1.165) is 25.7 Å². The first-order valence-corrected chi connectivity index (χ1v) is 8.27. The molecule has 0 atom stereocenters. The minimum atomic E-state index is -0.114. The number of rotatable bonds is 11. The number of ketones is 1. The molecule has 0 radical (unpaired) electrons. The molecule has 0 unspecified atom stereocenters. The van der Waals surface area contributed by atoms with Gasteiger partial charge >= 0.3 is 0 Å². The standard InChI is InChI=1S/C17H32O2/c1-3-4-5-6-7-8-9-12-16(18)17(15-19-2)13-10-11-14-17/h3-15H2,1-2H3. The Hall–Kier alpha value is -0.370. The van der Waals surface area contributed by atoms with Gasteiger partial charge in [-0.15, -0.1) is 0 Å². The van der Waals surface area contributed by atoms with Gasteiger partial charge in [0.15, 0.2) is 0 Å². The smallest absolute Gasteiger partial charge is 0.141 e. The molecule has 0 amide bonds. The molecule has 112 valence electrons. The van der Waals surface area contributed by atoms with Gasteiger partial charge in [-0.25, -0.2) is 0 Å². The Labute approximate surface area is 119 Å². The van der Waals surface area contributed by atoms with Crippen LogP contribution in [0, 0.1) is 5.41 Å². The average Bonchev–Trinajstić information content (AvgIpc) is 2.88. The predicted octanol–water partition coefficient (Wildman–Crippen LogP) is 4.90. The summed E-state index contributed by atoms with van der Waals surface area (Å²) in [4.78, 5) is 12.4. The molecule has 19 heavy (non-hydrogen) atoms. The van der Waals surface area contributed by atoms with E-state index in [0.29, 0.717) is 12.4 Å². The summed E-state index contributed by atoms with van der Waals surface area (Å²) in [7, 11) is 1.72. The minimum absolute atomic E-state index is 0.114. The van der Waals surface area contributed by atoms with Gasteiger partial charge in [0.1, 0.15) is 5.78 Å². The maximum absolute atomic E-state index is 12.4. The van der Waals surface area contributed by atoms with Gasteiger partial charge in [0.25, 0.3) is 0 Å². The van der Waals surface area contributed by atoms with Crippen molar-refractivity contribution in [3.63, 3.8) is 0 Å². The molecule has 0 aromatic heterocycles. The van der Waals surface area contributed by atoms with E-state index in [1.807, 2.05) is 0 Å². The van der Waals surface area contributed by atoms with Crippen molar-refractivity contribution in [2.24, 2.45) is 5.41 Å². The number of methoxy groups -OCH3 is 1. The van der Waals surface area contributed by atoms with E-state index in [-0.39, 0.29) is 5.41 Å². The van der Waals surface area contributed by atoms with Crippen LogP contribution in [-0.2, 0) is 9.53 Å². The number of carbonyl (C=O) groups excluding carboxylic acids is 1. The molecule has 1 fully saturated rings. The molecule has 0 aromatic rings. The fourth-order valence-electron chi connectivity index (χ4n) is 3.34. The molecule has 2 nitrogen and oxygen atoms in total. The Morgan fingerprint density at radius 1 is 1.00 bits per heavy atom. The predicted molar refractivity (Wildman–Crippen MR) is 80.4 cm³/mol. The third kappa shape index (κ3) is 5.64. The number of Topliss-reactive ketones (excluding diaryl/α,β-unsaturated/α-hetero) is 1. The summed E-state index contributed by atoms with van der Waals surface area (Å²) >= 11 is 0. The zero-order valence-corrected chi connectivity index (χ0v) is 13.0. The second-order valence-electron chi connectivity index (χ2n) is 6.21. The summed E-state index contributed by atoms with van der Waals surface area (Å²) in [5.41, 5.74) is -0.114. The van der Waals surface area contributed by atoms with Crippen molar-refractivity contribution >= 4 is 5.78 Å². The Morgan fingerprint density at radius 3 is 2.16 bits per heavy atom. The summed E-state index contributed by atoms with van der Waals surface area (Å²) in [6.07, 6.45) is 14.2. The van der Waals surface area contributed by atoms with Gasteiger partial charge in [-0.05, 0) is 19.3 Å². The van der Waals surface area contributed by atoms with Crippen molar-refractivity contribution in [3.05, 3.63) is 0 Å². The Morgan fingerprint density at radius 2 is 1.58 bits per heavy atom. The zero-order chi connectivity index (χ0) is 14.0. The highest BCUT2D eigenvalue weighted by molar-refractivity contribution is 5.85. The summed E-state index contributed by atoms with van der Waals surface area (Å²) in [5, 5.41) is 0. The second kappa shape index (κ2) is 9.52. The van der Waals surface area contributed by atoms with Gasteiger partial charge in [0, 0.05) is 13.5 Å². The van der Waals surface area contributed by atoms with E-state index in [4.69, 9.17) is 4.74 Å². The van der Waals surface area contributed by atoms with Crippen LogP contribution in [0.5, 0.6) is 0 Å². The number of ether oxygens (including phenoxy) is 1. The van der Waals surface area contributed by atoms with Crippen molar-refractivity contribution in [2.75, 3.05) is 13.7 Å². The van der Waals surface area contributed by atoms with Gasteiger partial charge in [-0.3, -0.25) is 4.79 Å². The molecule has 1 rings (SSSR count). The highest BCUT2D eigenvalue weighted by Crippen LogP contribution is 2.40. The number of hydrogen-bond donors (Lipinski definition) is 0. The molecular weight excluding hydrogens is 236 g/mol. The van der Waals surface area contributed by atoms with Crippen molar-refractivity contribution < 1.29 is 9.53 Å². The lowest BCUT2D eigenvalue weighted by atomic mass is 9.80. The van der Waals surface area contributed by atoms with E-state index < -0.39 is 0 Å². The first-order valence-electron chi connectivity index (χ1n) is 8.27. The Balaban J connectivity index is 2.15. The fourth-order valence-corrected chi connectivity index (χ4v) is 3.34. The third-order valence-electron chi connectivity index (χ3n) is 4.58. The molecule has 1 aliphatic carbocycles. The molecule has 1 saturated carbocycles. The first-order chi connectivity index (χ1) is 9.25. The summed E-state index contributed by atoms with van der Waals surface area (Å²) < 4.78 is 5.30. The minimum Gasteiger partial charge on any atom is -0.384 e. The van der Waals surface area contributed by atoms with Crippen LogP contribution in [0.2, 0.25) is 0 Å². The van der Waals surface area contributed by atoms with Crippen molar-refractivity contribution in [1.29, 1.82) is 0 Å². The quantitative estimate of drug-likeness (QED) is 0.498. The highest BCUT2D eigenvalue weighted by atomic mass is 16.5. The first kappa shape index (κ1) is 16.7. The molecule has 0 spiro atoms. The van der Waals surface area contributed by atoms with Crippen LogP contribution in [0.3, 0.4) is 0 Å². The molecule has 0 saturated heterocycles. The van der Waals surface area contributed by atoms with E-state index in [1.54, 1.807) is 7.11 Å². The topological polar surface area (TPSA) is 26.3 Å². The van der Waals surface area contributed by atoms with Crippen LogP contribution >= 0.6 is 0 Å². The molecule has 2 heteroatoms. The van der Waals surface area contributed by atoms with Gasteiger partial charge in [-0.1, -0.05) is 58.3 Å². The molecule has 0 aliphatic heterocycles. The summed E-state index contributed by atoms with van der Waals surface area (Å²) in [5.74, 6) is 0.473. The number of unbranched alkanes of at least 4 members (excludes halogenated alkanes) is 6. The fraction of sp³-hybridized carbons (Fsp3) is 0.941. The molecule has 1 aliphatic rings. The second-order valence-corrected chi connectivity index (χ2v) is 6.21. The number of carbonyl (C=O) groups is 1. The van der Waals surface area contributed by atoms with Crippen LogP contribution in [0.25, 0.3) is 0 Å². The van der Waals surface area contributed by atoms with Gasteiger partial charge < -0.3 is 4.74 Å². The van der Waals surface area contributed by atoms with Crippen LogP contribution < -0.4 is 0 Å². The summed E-state index contributed by atoms with van der Waals surface area (Å²) in [6.45, 7) is 2.89. The van der Waals surface area contributed by atoms with Crippen LogP contribution in [0.1, 0.15) is 84.0 Å². The van der Waals surface area contributed by atoms with Crippen LogP contribution in [0.15, 0.2) is 0 Å². The van der Waals surface area contributed by atoms with E-state index in [9.17, 15) is 4.79 Å². The Bertz CT molecular complexity index is 242. The SMILES string of the molecule is CCCCCCCCCC(=O)C1(COC)CCCC1. The van der Waals surface area contributed by atoms with Crippen LogP contribution in [-0.4, -0.2) is 19.5 Å². The maximum Gasteiger partial charge on any atom is 0.141 e. The van der Waals surface area contributed by atoms with Gasteiger partial charge in [0.2, 0.25) is 0 Å². The van der Waals surface area contributed by atoms with E-state index >= 15 is 0 Å². The lowest BCUT2D eigenvalue weighted by Crippen LogP contribution is -2.32. The van der Waals surface area contributed by atoms with Crippen molar-refractivity contribution in [3.8, 4) is 0 Å². The van der Waals surface area contributed by atoms with Gasteiger partial charge in [0.05, 0.1) is 12.0 Å². The highest BCUT2D eigenvalue weighted by Gasteiger charge is 2.39. The third-order valence-corrected chi connectivity index (χ3v) is 4.58. The van der Waals surface area contributed by atoms with E-state index in [1.165, 1.54) is 51.4 Å². The number of hydrogen-bond acceptors (Lipinski definition) is 2.